The minimum absolute atomic E-state index is 0.0114. The first-order valence-electron chi connectivity index (χ1n) is 6.73. The Labute approximate surface area is 117 Å². The molecule has 5 nitrogen and oxygen atoms in total. The van der Waals surface area contributed by atoms with E-state index in [4.69, 9.17) is 4.52 Å². The van der Waals surface area contributed by atoms with Crippen molar-refractivity contribution < 1.29 is 9.32 Å². The quantitative estimate of drug-likeness (QED) is 0.842. The van der Waals surface area contributed by atoms with E-state index in [0.717, 1.165) is 16.8 Å². The van der Waals surface area contributed by atoms with Crippen LogP contribution in [0.2, 0.25) is 0 Å². The molecular weight excluding hydrogens is 254 g/mol. The van der Waals surface area contributed by atoms with Gasteiger partial charge in [0.2, 0.25) is 11.8 Å². The molecule has 0 aliphatic carbocycles. The fourth-order valence-electron chi connectivity index (χ4n) is 2.80. The van der Waals surface area contributed by atoms with Crippen molar-refractivity contribution in [2.45, 2.75) is 33.1 Å². The van der Waals surface area contributed by atoms with Gasteiger partial charge in [-0.15, -0.1) is 0 Å². The summed E-state index contributed by atoms with van der Waals surface area (Å²) in [6, 6.07) is 6.06. The van der Waals surface area contributed by atoms with E-state index in [0.29, 0.717) is 24.7 Å². The smallest absolute Gasteiger partial charge is 0.232 e. The van der Waals surface area contributed by atoms with Crippen molar-refractivity contribution >= 4 is 11.6 Å². The number of rotatable bonds is 2. The molecule has 1 aliphatic rings. The number of aromatic nitrogens is 2. The normalized spacial score (nSPS) is 18.9. The van der Waals surface area contributed by atoms with Crippen LogP contribution in [0.3, 0.4) is 0 Å². The molecule has 104 valence electrons. The standard InChI is InChI=1S/C15H17N3O2/c1-9-5-4-6-10(2)14(9)18-8-12(7-13(18)19)15-16-11(3)17-20-15/h4-6,12H,7-8H2,1-3H3. The molecule has 1 aromatic carbocycles. The van der Waals surface area contributed by atoms with Crippen molar-refractivity contribution in [1.29, 1.82) is 0 Å². The maximum absolute atomic E-state index is 12.3. The first-order chi connectivity index (χ1) is 9.56. The van der Waals surface area contributed by atoms with E-state index < -0.39 is 0 Å². The van der Waals surface area contributed by atoms with Crippen LogP contribution in [-0.2, 0) is 4.79 Å². The fraction of sp³-hybridized carbons (Fsp3) is 0.400. The number of amides is 1. The lowest BCUT2D eigenvalue weighted by Gasteiger charge is -2.21. The third-order valence-corrected chi connectivity index (χ3v) is 3.73. The Morgan fingerprint density at radius 1 is 1.25 bits per heavy atom. The van der Waals surface area contributed by atoms with Gasteiger partial charge in [0.25, 0.3) is 0 Å². The Morgan fingerprint density at radius 3 is 2.55 bits per heavy atom. The van der Waals surface area contributed by atoms with E-state index in [-0.39, 0.29) is 11.8 Å². The Kier molecular flexibility index (Phi) is 3.04. The Morgan fingerprint density at radius 2 is 1.95 bits per heavy atom. The summed E-state index contributed by atoms with van der Waals surface area (Å²) < 4.78 is 5.20. The molecule has 5 heteroatoms. The zero-order valence-corrected chi connectivity index (χ0v) is 11.9. The molecule has 3 rings (SSSR count). The predicted octanol–water partition coefficient (Wildman–Crippen LogP) is 2.52. The number of carbonyl (C=O) groups is 1. The van der Waals surface area contributed by atoms with Crippen LogP contribution in [0.15, 0.2) is 22.7 Å². The number of benzene rings is 1. The van der Waals surface area contributed by atoms with Gasteiger partial charge in [-0.25, -0.2) is 0 Å². The summed E-state index contributed by atoms with van der Waals surface area (Å²) in [5.41, 5.74) is 3.23. The van der Waals surface area contributed by atoms with Gasteiger partial charge in [-0.2, -0.15) is 4.98 Å². The van der Waals surface area contributed by atoms with Crippen LogP contribution in [0.4, 0.5) is 5.69 Å². The molecule has 1 aliphatic heterocycles. The Hall–Kier alpha value is -2.17. The minimum atomic E-state index is -0.0114. The molecule has 2 aromatic rings. The third-order valence-electron chi connectivity index (χ3n) is 3.73. The second-order valence-corrected chi connectivity index (χ2v) is 5.33. The van der Waals surface area contributed by atoms with Crippen LogP contribution < -0.4 is 4.90 Å². The van der Waals surface area contributed by atoms with E-state index in [1.165, 1.54) is 0 Å². The predicted molar refractivity (Wildman–Crippen MR) is 74.7 cm³/mol. The van der Waals surface area contributed by atoms with E-state index >= 15 is 0 Å². The molecule has 1 unspecified atom stereocenters. The number of anilines is 1. The van der Waals surface area contributed by atoms with Gasteiger partial charge in [0.05, 0.1) is 5.92 Å². The number of hydrogen-bond donors (Lipinski definition) is 0. The summed E-state index contributed by atoms with van der Waals surface area (Å²) >= 11 is 0. The summed E-state index contributed by atoms with van der Waals surface area (Å²) in [7, 11) is 0. The number of carbonyl (C=O) groups excluding carboxylic acids is 1. The van der Waals surface area contributed by atoms with Gasteiger partial charge in [0.15, 0.2) is 5.82 Å². The minimum Gasteiger partial charge on any atom is -0.339 e. The van der Waals surface area contributed by atoms with Gasteiger partial charge >= 0.3 is 0 Å². The van der Waals surface area contributed by atoms with E-state index in [9.17, 15) is 4.79 Å². The highest BCUT2D eigenvalue weighted by Crippen LogP contribution is 2.34. The SMILES string of the molecule is Cc1noc(C2CC(=O)N(c3c(C)cccc3C)C2)n1. The maximum atomic E-state index is 12.3. The lowest BCUT2D eigenvalue weighted by atomic mass is 10.1. The van der Waals surface area contributed by atoms with Crippen LogP contribution in [-0.4, -0.2) is 22.6 Å². The first-order valence-corrected chi connectivity index (χ1v) is 6.73. The van der Waals surface area contributed by atoms with Crippen LogP contribution in [0.5, 0.6) is 0 Å². The molecule has 1 atom stereocenters. The average molecular weight is 271 g/mol. The van der Waals surface area contributed by atoms with Crippen molar-refractivity contribution in [3.8, 4) is 0 Å². The van der Waals surface area contributed by atoms with Crippen LogP contribution in [0.25, 0.3) is 0 Å². The zero-order chi connectivity index (χ0) is 14.3. The molecule has 1 aromatic heterocycles. The lowest BCUT2D eigenvalue weighted by molar-refractivity contribution is -0.117. The van der Waals surface area contributed by atoms with Crippen molar-refractivity contribution in [2.75, 3.05) is 11.4 Å². The molecule has 2 heterocycles. The molecular formula is C15H17N3O2. The molecule has 1 fully saturated rings. The van der Waals surface area contributed by atoms with E-state index in [2.05, 4.69) is 10.1 Å². The Balaban J connectivity index is 1.91. The van der Waals surface area contributed by atoms with Crippen molar-refractivity contribution in [3.05, 3.63) is 41.0 Å². The summed E-state index contributed by atoms with van der Waals surface area (Å²) in [6.45, 7) is 6.44. The second-order valence-electron chi connectivity index (χ2n) is 5.33. The van der Waals surface area contributed by atoms with Crippen LogP contribution in [0, 0.1) is 20.8 Å². The lowest BCUT2D eigenvalue weighted by Crippen LogP contribution is -2.26. The molecule has 1 saturated heterocycles. The third kappa shape index (κ3) is 2.09. The number of nitrogens with zero attached hydrogens (tertiary/aromatic N) is 3. The highest BCUT2D eigenvalue weighted by molar-refractivity contribution is 5.97. The second kappa shape index (κ2) is 4.74. The topological polar surface area (TPSA) is 59.2 Å². The van der Waals surface area contributed by atoms with Crippen molar-refractivity contribution in [1.82, 2.24) is 10.1 Å². The highest BCUT2D eigenvalue weighted by Gasteiger charge is 2.35. The van der Waals surface area contributed by atoms with Gasteiger partial charge in [0.1, 0.15) is 0 Å². The number of hydrogen-bond acceptors (Lipinski definition) is 4. The summed E-state index contributed by atoms with van der Waals surface area (Å²) in [5, 5.41) is 3.80. The highest BCUT2D eigenvalue weighted by atomic mass is 16.5. The summed E-state index contributed by atoms with van der Waals surface area (Å²) in [6.07, 6.45) is 0.426. The molecule has 0 bridgehead atoms. The molecule has 0 spiro atoms. The molecule has 20 heavy (non-hydrogen) atoms. The van der Waals surface area contributed by atoms with Crippen LogP contribution in [0.1, 0.15) is 35.2 Å². The molecule has 0 N–H and O–H groups in total. The zero-order valence-electron chi connectivity index (χ0n) is 11.9. The van der Waals surface area contributed by atoms with Gasteiger partial charge in [-0.3, -0.25) is 4.79 Å². The largest absolute Gasteiger partial charge is 0.339 e. The first kappa shape index (κ1) is 12.8. The molecule has 0 radical (unpaired) electrons. The number of para-hydroxylation sites is 1. The van der Waals surface area contributed by atoms with E-state index in [1.54, 1.807) is 6.92 Å². The Bertz CT molecular complexity index is 643. The fourth-order valence-corrected chi connectivity index (χ4v) is 2.80. The monoisotopic (exact) mass is 271 g/mol. The molecule has 1 amide bonds. The maximum Gasteiger partial charge on any atom is 0.232 e. The van der Waals surface area contributed by atoms with Crippen LogP contribution >= 0.6 is 0 Å². The van der Waals surface area contributed by atoms with Crippen molar-refractivity contribution in [3.63, 3.8) is 0 Å². The summed E-state index contributed by atoms with van der Waals surface area (Å²) in [4.78, 5) is 18.4. The van der Waals surface area contributed by atoms with E-state index in [1.807, 2.05) is 36.9 Å². The van der Waals surface area contributed by atoms with Gasteiger partial charge in [-0.1, -0.05) is 23.4 Å². The summed E-state index contributed by atoms with van der Waals surface area (Å²) in [5.74, 6) is 1.27. The van der Waals surface area contributed by atoms with Crippen molar-refractivity contribution in [2.24, 2.45) is 0 Å². The number of aryl methyl sites for hydroxylation is 3. The van der Waals surface area contributed by atoms with Gasteiger partial charge in [-0.05, 0) is 31.9 Å². The molecule has 0 saturated carbocycles. The van der Waals surface area contributed by atoms with Gasteiger partial charge < -0.3 is 9.42 Å². The average Bonchev–Trinajstić information content (AvgIpc) is 2.96. The van der Waals surface area contributed by atoms with Gasteiger partial charge in [0, 0.05) is 18.7 Å².